The maximum Gasteiger partial charge on any atom is 0.000749 e. The Morgan fingerprint density at radius 3 is 1.88 bits per heavy atom. The summed E-state index contributed by atoms with van der Waals surface area (Å²) in [4.78, 5) is 0. The molecular weight excluding hydrogens is 206 g/mol. The molecule has 0 bridgehead atoms. The summed E-state index contributed by atoms with van der Waals surface area (Å²) in [7, 11) is 0. The predicted octanol–water partition coefficient (Wildman–Crippen LogP) is 5.15. The normalized spacial score (nSPS) is 12.0. The Bertz CT molecular complexity index is 150. The van der Waals surface area contributed by atoms with Gasteiger partial charge in [-0.15, -0.1) is 0 Å². The van der Waals surface area contributed by atoms with Crippen LogP contribution in [-0.4, -0.2) is 13.1 Å². The molecule has 17 heavy (non-hydrogen) atoms. The van der Waals surface area contributed by atoms with Gasteiger partial charge in [-0.25, -0.2) is 0 Å². The van der Waals surface area contributed by atoms with Gasteiger partial charge in [-0.05, 0) is 31.2 Å². The minimum atomic E-state index is 0.570. The maximum atomic E-state index is 3.55. The van der Waals surface area contributed by atoms with Gasteiger partial charge in [-0.1, -0.05) is 66.2 Å². The third-order valence-corrected chi connectivity index (χ3v) is 4.31. The zero-order valence-corrected chi connectivity index (χ0v) is 12.8. The molecule has 0 saturated heterocycles. The molecule has 0 radical (unpaired) electrons. The Balaban J connectivity index is 3.75. The van der Waals surface area contributed by atoms with Crippen LogP contribution in [0.2, 0.25) is 0 Å². The van der Waals surface area contributed by atoms with Crippen molar-refractivity contribution in [2.75, 3.05) is 13.1 Å². The molecule has 104 valence electrons. The second kappa shape index (κ2) is 11.1. The third kappa shape index (κ3) is 7.81. The molecule has 1 N–H and O–H groups in total. The Hall–Kier alpha value is -0.0400. The van der Waals surface area contributed by atoms with E-state index in [9.17, 15) is 0 Å². The second-order valence-electron chi connectivity index (χ2n) is 5.51. The van der Waals surface area contributed by atoms with Crippen LogP contribution in [0.15, 0.2) is 0 Å². The first-order chi connectivity index (χ1) is 8.24. The van der Waals surface area contributed by atoms with E-state index in [1.54, 1.807) is 0 Å². The highest BCUT2D eigenvalue weighted by molar-refractivity contribution is 4.78. The Labute approximate surface area is 110 Å². The number of hydrogen-bond acceptors (Lipinski definition) is 1. The highest BCUT2D eigenvalue weighted by atomic mass is 14.9. The van der Waals surface area contributed by atoms with Gasteiger partial charge in [0.1, 0.15) is 0 Å². The number of unbranched alkanes of at least 4 members (excludes halogenated alkanes) is 5. The highest BCUT2D eigenvalue weighted by Crippen LogP contribution is 2.32. The largest absolute Gasteiger partial charge is 0.316 e. The summed E-state index contributed by atoms with van der Waals surface area (Å²) >= 11 is 0. The molecule has 0 aromatic carbocycles. The summed E-state index contributed by atoms with van der Waals surface area (Å²) in [5, 5.41) is 3.55. The summed E-state index contributed by atoms with van der Waals surface area (Å²) < 4.78 is 0. The van der Waals surface area contributed by atoms with Gasteiger partial charge in [-0.2, -0.15) is 0 Å². The number of rotatable bonds is 12. The van der Waals surface area contributed by atoms with E-state index in [1.807, 2.05) is 0 Å². The highest BCUT2D eigenvalue weighted by Gasteiger charge is 2.24. The lowest BCUT2D eigenvalue weighted by Gasteiger charge is -2.32. The van der Waals surface area contributed by atoms with E-state index in [4.69, 9.17) is 0 Å². The molecule has 0 heterocycles. The summed E-state index contributed by atoms with van der Waals surface area (Å²) in [6, 6.07) is 0. The monoisotopic (exact) mass is 241 g/mol. The van der Waals surface area contributed by atoms with E-state index in [2.05, 4.69) is 33.0 Å². The summed E-state index contributed by atoms with van der Waals surface area (Å²) in [5.74, 6) is 0. The smallest absolute Gasteiger partial charge is 0.000749 e. The first kappa shape index (κ1) is 17.0. The van der Waals surface area contributed by atoms with Crippen molar-refractivity contribution >= 4 is 0 Å². The van der Waals surface area contributed by atoms with Gasteiger partial charge in [0, 0.05) is 6.54 Å². The molecule has 0 aliphatic rings. The van der Waals surface area contributed by atoms with Crippen molar-refractivity contribution in [2.24, 2.45) is 5.41 Å². The maximum absolute atomic E-state index is 3.55. The van der Waals surface area contributed by atoms with Crippen LogP contribution in [0.1, 0.15) is 85.5 Å². The Morgan fingerprint density at radius 1 is 0.765 bits per heavy atom. The summed E-state index contributed by atoms with van der Waals surface area (Å²) in [5.41, 5.74) is 0.570. The van der Waals surface area contributed by atoms with Crippen LogP contribution in [0.4, 0.5) is 0 Å². The van der Waals surface area contributed by atoms with Crippen LogP contribution in [0.5, 0.6) is 0 Å². The zero-order chi connectivity index (χ0) is 13.0. The molecule has 0 aromatic heterocycles. The van der Waals surface area contributed by atoms with Crippen LogP contribution in [0.3, 0.4) is 0 Å². The van der Waals surface area contributed by atoms with E-state index in [0.717, 1.165) is 6.54 Å². The fraction of sp³-hybridized carbons (Fsp3) is 1.00. The summed E-state index contributed by atoms with van der Waals surface area (Å²) in [6.07, 6.45) is 12.6. The Kier molecular flexibility index (Phi) is 11.0. The zero-order valence-electron chi connectivity index (χ0n) is 12.8. The molecule has 0 atom stereocenters. The molecule has 0 rings (SSSR count). The lowest BCUT2D eigenvalue weighted by atomic mass is 9.77. The van der Waals surface area contributed by atoms with Gasteiger partial charge in [0.2, 0.25) is 0 Å². The standard InChI is InChI=1S/C16H35N/c1-5-9-10-11-12-13-14-16(6-2,7-3)15-17-8-4/h17H,5-15H2,1-4H3. The van der Waals surface area contributed by atoms with Crippen LogP contribution in [0.25, 0.3) is 0 Å². The number of hydrogen-bond donors (Lipinski definition) is 1. The van der Waals surface area contributed by atoms with E-state index >= 15 is 0 Å². The molecule has 0 spiro atoms. The molecule has 0 aliphatic heterocycles. The summed E-state index contributed by atoms with van der Waals surface area (Å²) in [6.45, 7) is 11.5. The van der Waals surface area contributed by atoms with Gasteiger partial charge < -0.3 is 5.32 Å². The average Bonchev–Trinajstić information content (AvgIpc) is 2.38. The topological polar surface area (TPSA) is 12.0 Å². The molecule has 1 heteroatoms. The quantitative estimate of drug-likeness (QED) is 0.466. The van der Waals surface area contributed by atoms with Crippen molar-refractivity contribution in [1.82, 2.24) is 5.32 Å². The molecule has 0 saturated carbocycles. The lowest BCUT2D eigenvalue weighted by molar-refractivity contribution is 0.221. The van der Waals surface area contributed by atoms with Gasteiger partial charge >= 0.3 is 0 Å². The first-order valence-corrected chi connectivity index (χ1v) is 7.95. The van der Waals surface area contributed by atoms with Gasteiger partial charge in [0.25, 0.3) is 0 Å². The van der Waals surface area contributed by atoms with Crippen molar-refractivity contribution in [1.29, 1.82) is 0 Å². The molecule has 0 fully saturated rings. The van der Waals surface area contributed by atoms with E-state index in [-0.39, 0.29) is 0 Å². The van der Waals surface area contributed by atoms with Crippen molar-refractivity contribution < 1.29 is 0 Å². The minimum absolute atomic E-state index is 0.570. The van der Waals surface area contributed by atoms with Crippen molar-refractivity contribution in [3.63, 3.8) is 0 Å². The minimum Gasteiger partial charge on any atom is -0.316 e. The molecule has 0 unspecified atom stereocenters. The average molecular weight is 241 g/mol. The van der Waals surface area contributed by atoms with Crippen LogP contribution in [0, 0.1) is 5.41 Å². The first-order valence-electron chi connectivity index (χ1n) is 7.95. The SMILES string of the molecule is CCCCCCCCC(CC)(CC)CNCC. The lowest BCUT2D eigenvalue weighted by Crippen LogP contribution is -2.33. The van der Waals surface area contributed by atoms with E-state index in [1.165, 1.54) is 64.3 Å². The fourth-order valence-corrected chi connectivity index (χ4v) is 2.61. The van der Waals surface area contributed by atoms with Crippen LogP contribution >= 0.6 is 0 Å². The molecule has 0 aromatic rings. The predicted molar refractivity (Wildman–Crippen MR) is 79.6 cm³/mol. The van der Waals surface area contributed by atoms with Crippen molar-refractivity contribution in [2.45, 2.75) is 85.5 Å². The molecule has 1 nitrogen and oxygen atoms in total. The Morgan fingerprint density at radius 2 is 1.35 bits per heavy atom. The van der Waals surface area contributed by atoms with Crippen LogP contribution in [-0.2, 0) is 0 Å². The second-order valence-corrected chi connectivity index (χ2v) is 5.51. The third-order valence-electron chi connectivity index (χ3n) is 4.31. The van der Waals surface area contributed by atoms with E-state index < -0.39 is 0 Å². The number of nitrogens with one attached hydrogen (secondary N) is 1. The van der Waals surface area contributed by atoms with Gasteiger partial charge in [-0.3, -0.25) is 0 Å². The fourth-order valence-electron chi connectivity index (χ4n) is 2.61. The molecule has 0 amide bonds. The molecule has 0 aliphatic carbocycles. The van der Waals surface area contributed by atoms with Crippen molar-refractivity contribution in [3.05, 3.63) is 0 Å². The van der Waals surface area contributed by atoms with Gasteiger partial charge in [0.15, 0.2) is 0 Å². The van der Waals surface area contributed by atoms with Crippen molar-refractivity contribution in [3.8, 4) is 0 Å². The van der Waals surface area contributed by atoms with Gasteiger partial charge in [0.05, 0.1) is 0 Å². The van der Waals surface area contributed by atoms with E-state index in [0.29, 0.717) is 5.41 Å². The molecular formula is C16H35N. The van der Waals surface area contributed by atoms with Crippen LogP contribution < -0.4 is 5.32 Å².